The fourth-order valence-corrected chi connectivity index (χ4v) is 2.33. The third-order valence-electron chi connectivity index (χ3n) is 2.73. The van der Waals surface area contributed by atoms with Gasteiger partial charge in [0.1, 0.15) is 0 Å². The van der Waals surface area contributed by atoms with E-state index in [0.29, 0.717) is 6.55 Å². The van der Waals surface area contributed by atoms with Crippen molar-refractivity contribution >= 4 is 9.76 Å². The summed E-state index contributed by atoms with van der Waals surface area (Å²) in [5.41, 5.74) is 0. The lowest BCUT2D eigenvalue weighted by atomic mass is 9.79. The molecule has 0 aromatic rings. The zero-order valence-corrected chi connectivity index (χ0v) is 10.7. The molecule has 13 heteroatoms. The van der Waals surface area contributed by atoms with Gasteiger partial charge in [0.15, 0.2) is 9.76 Å². The quantitative estimate of drug-likeness (QED) is 0.554. The van der Waals surface area contributed by atoms with Gasteiger partial charge in [0, 0.05) is 0 Å². The minimum Gasteiger partial charge on any atom is -0.385 e. The van der Waals surface area contributed by atoms with Crippen LogP contribution in [0, 0.1) is 0 Å². The Labute approximate surface area is 106 Å². The molecule has 0 radical (unpaired) electrons. The Morgan fingerprint density at radius 3 is 1.05 bits per heavy atom. The average Bonchev–Trinajstić information content (AvgIpc) is 2.26. The lowest BCUT2D eigenvalue weighted by Crippen LogP contribution is -2.84. The second kappa shape index (κ2) is 3.99. The summed E-state index contributed by atoms with van der Waals surface area (Å²) in [6, 6.07) is 0. The Kier molecular flexibility index (Phi) is 3.48. The Morgan fingerprint density at radius 2 is 0.800 bits per heavy atom. The number of rotatable bonds is 2. The molecule has 0 amide bonds. The van der Waals surface area contributed by atoms with Gasteiger partial charge in [-0.05, 0) is 0 Å². The Morgan fingerprint density at radius 1 is 0.550 bits per heavy atom. The van der Waals surface area contributed by atoms with Crippen molar-refractivity contribution in [2.75, 3.05) is 0 Å². The first-order valence-corrected chi connectivity index (χ1v) is 6.77. The van der Waals surface area contributed by atoms with Crippen molar-refractivity contribution in [1.29, 1.82) is 0 Å². The molecule has 20 heavy (non-hydrogen) atoms. The normalized spacial score (nSPS) is 32.4. The second-order valence-electron chi connectivity index (χ2n) is 3.90. The third kappa shape index (κ3) is 1.42. The van der Waals surface area contributed by atoms with E-state index < -0.39 is 45.2 Å². The molecule has 0 aromatic carbocycles. The van der Waals surface area contributed by atoms with Crippen LogP contribution in [0.2, 0.25) is 6.55 Å². The highest BCUT2D eigenvalue weighted by Crippen LogP contribution is 2.69. The fourth-order valence-electron chi connectivity index (χ4n) is 1.57. The molecule has 0 aromatic heterocycles. The van der Waals surface area contributed by atoms with E-state index in [-0.39, 0.29) is 0 Å². The molecule has 0 aliphatic heterocycles. The zero-order chi connectivity index (χ0) is 16.4. The molecule has 0 heterocycles. The monoisotopic (exact) mass is 342 g/mol. The Bertz CT molecular complexity index is 376. The van der Waals surface area contributed by atoms with E-state index in [9.17, 15) is 48.3 Å². The van der Waals surface area contributed by atoms with Crippen LogP contribution in [-0.4, -0.2) is 45.2 Å². The summed E-state index contributed by atoms with van der Waals surface area (Å²) in [4.78, 5) is 0. The zero-order valence-electron chi connectivity index (χ0n) is 9.27. The molecular weight excluding hydrogens is 337 g/mol. The molecule has 120 valence electrons. The van der Waals surface area contributed by atoms with Gasteiger partial charge in [-0.3, -0.25) is 0 Å². The standard InChI is InChI=1S/C7H5F11OSi/c1-20-19-7(18)5(14,15)3(10,11)2(8,9)4(12,13)6(7,16)17/h20H2,1H3. The summed E-state index contributed by atoms with van der Waals surface area (Å²) in [7, 11) is -2.71. The van der Waals surface area contributed by atoms with E-state index in [0.717, 1.165) is 0 Å². The van der Waals surface area contributed by atoms with Crippen LogP contribution in [0.3, 0.4) is 0 Å². The van der Waals surface area contributed by atoms with Gasteiger partial charge in [-0.25, -0.2) is 0 Å². The summed E-state index contributed by atoms with van der Waals surface area (Å²) in [5.74, 6) is -41.3. The molecule has 0 unspecified atom stereocenters. The average molecular weight is 342 g/mol. The first-order chi connectivity index (χ1) is 8.56. The van der Waals surface area contributed by atoms with Gasteiger partial charge in [-0.15, -0.1) is 0 Å². The van der Waals surface area contributed by atoms with E-state index in [1.54, 1.807) is 0 Å². The molecule has 1 saturated carbocycles. The van der Waals surface area contributed by atoms with Gasteiger partial charge in [-0.1, -0.05) is 6.55 Å². The van der Waals surface area contributed by atoms with Gasteiger partial charge in [-0.2, -0.15) is 48.3 Å². The smallest absolute Gasteiger partial charge is 0.384 e. The lowest BCUT2D eigenvalue weighted by Gasteiger charge is -2.51. The van der Waals surface area contributed by atoms with Crippen LogP contribution in [0.1, 0.15) is 0 Å². The molecule has 1 aliphatic carbocycles. The van der Waals surface area contributed by atoms with Crippen LogP contribution >= 0.6 is 0 Å². The molecule has 0 N–H and O–H groups in total. The fraction of sp³-hybridized carbons (Fsp3) is 1.00. The minimum atomic E-state index is -7.18. The molecule has 0 bridgehead atoms. The van der Waals surface area contributed by atoms with Crippen molar-refractivity contribution in [3.05, 3.63) is 0 Å². The Balaban J connectivity index is 3.73. The van der Waals surface area contributed by atoms with Gasteiger partial charge in [0.2, 0.25) is 0 Å². The molecule has 1 nitrogen and oxygen atoms in total. The summed E-state index contributed by atoms with van der Waals surface area (Å²) in [5, 5.41) is 0. The van der Waals surface area contributed by atoms with Crippen molar-refractivity contribution in [2.45, 2.75) is 42.0 Å². The largest absolute Gasteiger partial charge is 0.385 e. The summed E-state index contributed by atoms with van der Waals surface area (Å²) < 4.78 is 145. The van der Waals surface area contributed by atoms with Crippen LogP contribution < -0.4 is 0 Å². The van der Waals surface area contributed by atoms with Crippen LogP contribution in [0.5, 0.6) is 0 Å². The molecule has 0 spiro atoms. The number of alkyl halides is 11. The van der Waals surface area contributed by atoms with Gasteiger partial charge in [0.25, 0.3) is 0 Å². The van der Waals surface area contributed by atoms with Crippen molar-refractivity contribution in [3.63, 3.8) is 0 Å². The number of hydrogen-bond acceptors (Lipinski definition) is 1. The first kappa shape index (κ1) is 17.5. The molecule has 1 rings (SSSR count). The lowest BCUT2D eigenvalue weighted by molar-refractivity contribution is -0.514. The highest BCUT2D eigenvalue weighted by atomic mass is 28.2. The first-order valence-electron chi connectivity index (χ1n) is 4.78. The van der Waals surface area contributed by atoms with Crippen LogP contribution in [0.4, 0.5) is 48.3 Å². The summed E-state index contributed by atoms with van der Waals surface area (Å²) in [6.45, 7) is 0.677. The predicted molar refractivity (Wildman–Crippen MR) is 44.1 cm³/mol. The maximum Gasteiger partial charge on any atom is 0.384 e. The van der Waals surface area contributed by atoms with E-state index in [2.05, 4.69) is 4.43 Å². The summed E-state index contributed by atoms with van der Waals surface area (Å²) >= 11 is 0. The van der Waals surface area contributed by atoms with Crippen molar-refractivity contribution in [2.24, 2.45) is 0 Å². The predicted octanol–water partition coefficient (Wildman–Crippen LogP) is 2.99. The van der Waals surface area contributed by atoms with E-state index in [1.807, 2.05) is 0 Å². The maximum atomic E-state index is 13.5. The second-order valence-corrected chi connectivity index (χ2v) is 4.77. The summed E-state index contributed by atoms with van der Waals surface area (Å²) in [6.07, 6.45) is 0. The van der Waals surface area contributed by atoms with E-state index in [4.69, 9.17) is 0 Å². The maximum absolute atomic E-state index is 13.5. The van der Waals surface area contributed by atoms with E-state index in [1.165, 1.54) is 0 Å². The minimum absolute atomic E-state index is 0.677. The molecular formula is C7H5F11OSi. The van der Waals surface area contributed by atoms with Gasteiger partial charge >= 0.3 is 35.5 Å². The number of halogens is 11. The highest BCUT2D eigenvalue weighted by Gasteiger charge is 3.01. The van der Waals surface area contributed by atoms with Crippen molar-refractivity contribution in [1.82, 2.24) is 0 Å². The number of hydrogen-bond donors (Lipinski definition) is 0. The molecule has 1 aliphatic rings. The molecule has 0 atom stereocenters. The SMILES string of the molecule is C[SiH2]OC1(F)C(F)(F)C(F)(F)C(F)(F)C(F)(F)C1(F)F. The topological polar surface area (TPSA) is 9.23 Å². The van der Waals surface area contributed by atoms with E-state index >= 15 is 0 Å². The van der Waals surface area contributed by atoms with Crippen molar-refractivity contribution < 1.29 is 52.7 Å². The van der Waals surface area contributed by atoms with Crippen LogP contribution in [0.15, 0.2) is 0 Å². The third-order valence-corrected chi connectivity index (χ3v) is 3.41. The molecule has 1 fully saturated rings. The Hall–Kier alpha value is -0.593. The highest BCUT2D eigenvalue weighted by molar-refractivity contribution is 6.25. The van der Waals surface area contributed by atoms with Crippen LogP contribution in [-0.2, 0) is 4.43 Å². The van der Waals surface area contributed by atoms with Gasteiger partial charge < -0.3 is 4.43 Å². The van der Waals surface area contributed by atoms with Gasteiger partial charge in [0.05, 0.1) is 0 Å². The van der Waals surface area contributed by atoms with Crippen LogP contribution in [0.25, 0.3) is 0 Å². The van der Waals surface area contributed by atoms with Crippen molar-refractivity contribution in [3.8, 4) is 0 Å². The molecule has 0 saturated heterocycles.